The molecule has 3 rings (SSSR count). The summed E-state index contributed by atoms with van der Waals surface area (Å²) >= 11 is 0. The minimum absolute atomic E-state index is 0.353. The van der Waals surface area contributed by atoms with Gasteiger partial charge in [-0.2, -0.15) is 0 Å². The van der Waals surface area contributed by atoms with Gasteiger partial charge in [0.05, 0.1) is 16.6 Å². The zero-order valence-electron chi connectivity index (χ0n) is 10.3. The number of hydrogen-bond acceptors (Lipinski definition) is 5. The molecule has 1 aliphatic carbocycles. The number of aromatic nitrogens is 2. The number of carbonyl (C=O) groups is 2. The van der Waals surface area contributed by atoms with Gasteiger partial charge >= 0.3 is 0 Å². The van der Waals surface area contributed by atoms with Crippen LogP contribution in [0.5, 0.6) is 0 Å². The Bertz CT molecular complexity index is 687. The van der Waals surface area contributed by atoms with Gasteiger partial charge in [0.1, 0.15) is 5.54 Å². The Hall–Kier alpha value is -2.44. The number of hydrogen-bond donors (Lipinski definition) is 2. The summed E-state index contributed by atoms with van der Waals surface area (Å²) in [5, 5.41) is 7.10. The average Bonchev–Trinajstić information content (AvgIpc) is 3.08. The van der Waals surface area contributed by atoms with Crippen LogP contribution in [0.4, 0.5) is 0 Å². The first kappa shape index (κ1) is 11.6. The van der Waals surface area contributed by atoms with Gasteiger partial charge in [-0.1, -0.05) is 5.16 Å². The zero-order valence-corrected chi connectivity index (χ0v) is 10.3. The van der Waals surface area contributed by atoms with E-state index in [1.807, 2.05) is 0 Å². The maximum Gasteiger partial charge on any atom is 0.257 e. The van der Waals surface area contributed by atoms with E-state index in [9.17, 15) is 9.59 Å². The fourth-order valence-corrected chi connectivity index (χ4v) is 1.92. The van der Waals surface area contributed by atoms with E-state index in [-0.39, 0.29) is 5.91 Å². The Morgan fingerprint density at radius 2 is 2.21 bits per heavy atom. The first-order valence-corrected chi connectivity index (χ1v) is 5.86. The summed E-state index contributed by atoms with van der Waals surface area (Å²) in [4.78, 5) is 27.3. The quantitative estimate of drug-likeness (QED) is 0.823. The smallest absolute Gasteiger partial charge is 0.257 e. The third kappa shape index (κ3) is 1.83. The van der Waals surface area contributed by atoms with Crippen molar-refractivity contribution in [3.8, 4) is 0 Å². The number of nitrogens with one attached hydrogen (secondary N) is 1. The van der Waals surface area contributed by atoms with Crippen LogP contribution in [0.2, 0.25) is 0 Å². The molecule has 98 valence electrons. The lowest BCUT2D eigenvalue weighted by atomic mass is 10.1. The largest absolute Gasteiger partial charge is 0.368 e. The summed E-state index contributed by atoms with van der Waals surface area (Å²) in [6, 6.07) is 1.64. The second-order valence-electron chi connectivity index (χ2n) is 4.75. The molecule has 2 amide bonds. The normalized spacial score (nSPS) is 16.3. The predicted octanol–water partition coefficient (Wildman–Crippen LogP) is 0.279. The van der Waals surface area contributed by atoms with Crippen molar-refractivity contribution in [3.05, 3.63) is 23.5 Å². The number of carbonyl (C=O) groups excluding carboxylic acids is 2. The molecule has 0 saturated heterocycles. The van der Waals surface area contributed by atoms with E-state index in [0.29, 0.717) is 35.2 Å². The lowest BCUT2D eigenvalue weighted by Gasteiger charge is -2.13. The van der Waals surface area contributed by atoms with Crippen molar-refractivity contribution < 1.29 is 14.1 Å². The molecule has 1 fully saturated rings. The van der Waals surface area contributed by atoms with E-state index >= 15 is 0 Å². The second kappa shape index (κ2) is 3.78. The molecule has 3 N–H and O–H groups in total. The Kier molecular flexibility index (Phi) is 2.31. The molecule has 2 aromatic rings. The van der Waals surface area contributed by atoms with Gasteiger partial charge in [0.25, 0.3) is 11.6 Å². The number of primary amides is 1. The van der Waals surface area contributed by atoms with E-state index in [1.165, 1.54) is 6.20 Å². The highest BCUT2D eigenvalue weighted by molar-refractivity contribution is 6.01. The Morgan fingerprint density at radius 1 is 1.47 bits per heavy atom. The minimum atomic E-state index is -0.879. The van der Waals surface area contributed by atoms with Crippen molar-refractivity contribution in [1.82, 2.24) is 15.5 Å². The minimum Gasteiger partial charge on any atom is -0.368 e. The van der Waals surface area contributed by atoms with Gasteiger partial charge in [0.2, 0.25) is 5.91 Å². The van der Waals surface area contributed by atoms with Crippen molar-refractivity contribution in [2.45, 2.75) is 25.3 Å². The summed E-state index contributed by atoms with van der Waals surface area (Å²) in [5.74, 6) is -0.873. The van der Waals surface area contributed by atoms with Gasteiger partial charge in [-0.05, 0) is 25.8 Å². The molecule has 0 aliphatic heterocycles. The summed E-state index contributed by atoms with van der Waals surface area (Å²) in [6.45, 7) is 1.76. The van der Waals surface area contributed by atoms with Gasteiger partial charge in [-0.15, -0.1) is 0 Å². The number of rotatable bonds is 3. The molecule has 7 heteroatoms. The topological polar surface area (TPSA) is 111 Å². The van der Waals surface area contributed by atoms with E-state index in [1.54, 1.807) is 13.0 Å². The molecule has 0 aromatic carbocycles. The van der Waals surface area contributed by atoms with Gasteiger partial charge in [0, 0.05) is 6.20 Å². The second-order valence-corrected chi connectivity index (χ2v) is 4.75. The van der Waals surface area contributed by atoms with Crippen LogP contribution in [-0.4, -0.2) is 27.5 Å². The van der Waals surface area contributed by atoms with E-state index in [0.717, 1.165) is 0 Å². The summed E-state index contributed by atoms with van der Waals surface area (Å²) in [6.07, 6.45) is 2.55. The molecule has 1 aliphatic rings. The Labute approximate surface area is 108 Å². The molecular weight excluding hydrogens is 248 g/mol. The maximum atomic E-state index is 12.1. The highest BCUT2D eigenvalue weighted by Crippen LogP contribution is 2.35. The van der Waals surface area contributed by atoms with Crippen LogP contribution in [0.1, 0.15) is 28.9 Å². The van der Waals surface area contributed by atoms with Gasteiger partial charge in [-0.3, -0.25) is 9.59 Å². The van der Waals surface area contributed by atoms with E-state index in [2.05, 4.69) is 15.5 Å². The highest BCUT2D eigenvalue weighted by Gasteiger charge is 2.49. The van der Waals surface area contributed by atoms with E-state index in [4.69, 9.17) is 10.3 Å². The number of nitrogens with two attached hydrogens (primary N) is 1. The summed E-state index contributed by atoms with van der Waals surface area (Å²) in [7, 11) is 0. The Balaban J connectivity index is 1.89. The lowest BCUT2D eigenvalue weighted by molar-refractivity contribution is -0.120. The number of aryl methyl sites for hydroxylation is 1. The zero-order chi connectivity index (χ0) is 13.6. The highest BCUT2D eigenvalue weighted by atomic mass is 16.5. The molecule has 19 heavy (non-hydrogen) atoms. The molecule has 7 nitrogen and oxygen atoms in total. The van der Waals surface area contributed by atoms with Crippen molar-refractivity contribution in [3.63, 3.8) is 0 Å². The molecule has 0 spiro atoms. The van der Waals surface area contributed by atoms with Crippen LogP contribution in [0, 0.1) is 6.92 Å². The third-order valence-electron chi connectivity index (χ3n) is 3.35. The predicted molar refractivity (Wildman–Crippen MR) is 65.2 cm³/mol. The lowest BCUT2D eigenvalue weighted by Crippen LogP contribution is -2.46. The number of fused-ring (bicyclic) bond motifs is 1. The number of nitrogens with zero attached hydrogens (tertiary/aromatic N) is 2. The van der Waals surface area contributed by atoms with Crippen LogP contribution in [0.15, 0.2) is 16.8 Å². The van der Waals surface area contributed by atoms with Gasteiger partial charge in [-0.25, -0.2) is 4.98 Å². The van der Waals surface area contributed by atoms with Crippen molar-refractivity contribution in [2.75, 3.05) is 0 Å². The van der Waals surface area contributed by atoms with Crippen LogP contribution in [0.3, 0.4) is 0 Å². The molecular formula is C12H12N4O3. The molecule has 2 aromatic heterocycles. The number of amides is 2. The summed E-state index contributed by atoms with van der Waals surface area (Å²) < 4.78 is 4.97. The molecule has 0 unspecified atom stereocenters. The molecule has 0 bridgehead atoms. The van der Waals surface area contributed by atoms with Crippen LogP contribution in [0.25, 0.3) is 11.1 Å². The van der Waals surface area contributed by atoms with Crippen molar-refractivity contribution in [1.29, 1.82) is 0 Å². The van der Waals surface area contributed by atoms with Gasteiger partial charge < -0.3 is 15.6 Å². The molecule has 1 saturated carbocycles. The number of pyridine rings is 1. The van der Waals surface area contributed by atoms with E-state index < -0.39 is 11.4 Å². The first-order valence-electron chi connectivity index (χ1n) is 5.86. The molecule has 0 radical (unpaired) electrons. The van der Waals surface area contributed by atoms with Crippen molar-refractivity contribution >= 4 is 22.9 Å². The monoisotopic (exact) mass is 260 g/mol. The van der Waals surface area contributed by atoms with Crippen molar-refractivity contribution in [2.24, 2.45) is 5.73 Å². The maximum absolute atomic E-state index is 12.1. The van der Waals surface area contributed by atoms with Gasteiger partial charge in [0.15, 0.2) is 0 Å². The SMILES string of the molecule is Cc1noc2ncc(C(=O)NC3(C(N)=O)CC3)cc12. The van der Waals surface area contributed by atoms with Crippen LogP contribution >= 0.6 is 0 Å². The third-order valence-corrected chi connectivity index (χ3v) is 3.35. The standard InChI is InChI=1S/C12H12N4O3/c1-6-8-4-7(5-14-10(8)19-16-6)9(17)15-12(2-3-12)11(13)18/h4-5H,2-3H2,1H3,(H2,13,18)(H,15,17). The molecule has 2 heterocycles. The fraction of sp³-hybridized carbons (Fsp3) is 0.333. The van der Waals surface area contributed by atoms with Crippen LogP contribution in [-0.2, 0) is 4.79 Å². The first-order chi connectivity index (χ1) is 9.02. The fourth-order valence-electron chi connectivity index (χ4n) is 1.92. The Morgan fingerprint density at radius 3 is 2.84 bits per heavy atom. The summed E-state index contributed by atoms with van der Waals surface area (Å²) in [5.41, 5.74) is 5.78. The average molecular weight is 260 g/mol. The van der Waals surface area contributed by atoms with Crippen LogP contribution < -0.4 is 11.1 Å². The molecule has 0 atom stereocenters.